The van der Waals surface area contributed by atoms with Crippen LogP contribution in [-0.2, 0) is 0 Å². The molecule has 2 rings (SSSR count). The van der Waals surface area contributed by atoms with Gasteiger partial charge >= 0.3 is 0 Å². The van der Waals surface area contributed by atoms with Crippen molar-refractivity contribution >= 4 is 0 Å². The summed E-state index contributed by atoms with van der Waals surface area (Å²) in [4.78, 5) is 0. The van der Waals surface area contributed by atoms with Gasteiger partial charge in [0.25, 0.3) is 0 Å². The molecule has 0 saturated carbocycles. The summed E-state index contributed by atoms with van der Waals surface area (Å²) in [7, 11) is 2.08. The number of benzene rings is 1. The lowest BCUT2D eigenvalue weighted by Gasteiger charge is -2.22. The zero-order chi connectivity index (χ0) is 12.3. The number of aryl methyl sites for hydroxylation is 2. The molecule has 2 N–H and O–H groups in total. The summed E-state index contributed by atoms with van der Waals surface area (Å²) in [6.45, 7) is 6.75. The Morgan fingerprint density at radius 1 is 1.41 bits per heavy atom. The van der Waals surface area contributed by atoms with E-state index in [0.717, 1.165) is 5.92 Å². The molecule has 17 heavy (non-hydrogen) atoms. The highest BCUT2D eigenvalue weighted by atomic mass is 14.9. The Balaban J connectivity index is 2.10. The van der Waals surface area contributed by atoms with E-state index in [2.05, 4.69) is 49.7 Å². The molecule has 2 heteroatoms. The lowest BCUT2D eigenvalue weighted by Crippen LogP contribution is -2.22. The maximum absolute atomic E-state index is 3.48. The maximum atomic E-state index is 3.48. The summed E-state index contributed by atoms with van der Waals surface area (Å²) in [6.07, 6.45) is 2.57. The summed E-state index contributed by atoms with van der Waals surface area (Å²) in [5.74, 6) is 0.827. The van der Waals surface area contributed by atoms with Crippen molar-refractivity contribution in [2.45, 2.75) is 32.7 Å². The van der Waals surface area contributed by atoms with Gasteiger partial charge in [0.15, 0.2) is 0 Å². The SMILES string of the molecule is CNC(CC1CCNC1)c1ccc(C)cc1C. The molecule has 1 aliphatic rings. The Bertz CT molecular complexity index is 367. The second kappa shape index (κ2) is 5.65. The first-order valence-corrected chi connectivity index (χ1v) is 6.66. The molecule has 0 spiro atoms. The van der Waals surface area contributed by atoms with Crippen LogP contribution in [0, 0.1) is 19.8 Å². The third-order valence-corrected chi connectivity index (χ3v) is 3.88. The highest BCUT2D eigenvalue weighted by Crippen LogP contribution is 2.27. The first kappa shape index (κ1) is 12.6. The third kappa shape index (κ3) is 3.08. The summed E-state index contributed by atoms with van der Waals surface area (Å²) in [5.41, 5.74) is 4.23. The molecule has 0 radical (unpaired) electrons. The molecule has 2 unspecified atom stereocenters. The maximum Gasteiger partial charge on any atom is 0.0323 e. The van der Waals surface area contributed by atoms with Crippen LogP contribution in [0.2, 0.25) is 0 Å². The van der Waals surface area contributed by atoms with Crippen molar-refractivity contribution in [2.24, 2.45) is 5.92 Å². The van der Waals surface area contributed by atoms with Crippen LogP contribution in [0.5, 0.6) is 0 Å². The van der Waals surface area contributed by atoms with Crippen LogP contribution in [0.4, 0.5) is 0 Å². The highest BCUT2D eigenvalue weighted by molar-refractivity contribution is 5.32. The van der Waals surface area contributed by atoms with Gasteiger partial charge in [-0.2, -0.15) is 0 Å². The molecule has 0 aromatic heterocycles. The van der Waals surface area contributed by atoms with Crippen LogP contribution >= 0.6 is 0 Å². The quantitative estimate of drug-likeness (QED) is 0.833. The Morgan fingerprint density at radius 2 is 2.24 bits per heavy atom. The van der Waals surface area contributed by atoms with Crippen LogP contribution in [0.25, 0.3) is 0 Å². The first-order valence-electron chi connectivity index (χ1n) is 6.66. The molecule has 0 amide bonds. The van der Waals surface area contributed by atoms with E-state index in [1.807, 2.05) is 0 Å². The fourth-order valence-corrected chi connectivity index (χ4v) is 2.87. The lowest BCUT2D eigenvalue weighted by molar-refractivity contribution is 0.429. The monoisotopic (exact) mass is 232 g/mol. The average Bonchev–Trinajstić information content (AvgIpc) is 2.79. The standard InChI is InChI=1S/C15H24N2/c1-11-4-5-14(12(2)8-11)15(16-3)9-13-6-7-17-10-13/h4-5,8,13,15-17H,6-7,9-10H2,1-3H3. The van der Waals surface area contributed by atoms with Crippen LogP contribution in [0.15, 0.2) is 18.2 Å². The van der Waals surface area contributed by atoms with E-state index >= 15 is 0 Å². The molecule has 2 atom stereocenters. The molecule has 1 fully saturated rings. The molecular formula is C15H24N2. The van der Waals surface area contributed by atoms with E-state index in [0.29, 0.717) is 6.04 Å². The van der Waals surface area contributed by atoms with E-state index in [9.17, 15) is 0 Å². The van der Waals surface area contributed by atoms with Crippen molar-refractivity contribution in [1.82, 2.24) is 10.6 Å². The highest BCUT2D eigenvalue weighted by Gasteiger charge is 2.20. The Morgan fingerprint density at radius 3 is 2.82 bits per heavy atom. The first-order chi connectivity index (χ1) is 8.20. The minimum Gasteiger partial charge on any atom is -0.316 e. The number of hydrogen-bond donors (Lipinski definition) is 2. The van der Waals surface area contributed by atoms with E-state index in [-0.39, 0.29) is 0 Å². The largest absolute Gasteiger partial charge is 0.316 e. The van der Waals surface area contributed by atoms with E-state index in [1.165, 1.54) is 42.6 Å². The second-order valence-electron chi connectivity index (χ2n) is 5.30. The van der Waals surface area contributed by atoms with Gasteiger partial charge < -0.3 is 10.6 Å². The summed E-state index contributed by atoms with van der Waals surface area (Å²) >= 11 is 0. The molecule has 94 valence electrons. The Hall–Kier alpha value is -0.860. The lowest BCUT2D eigenvalue weighted by atomic mass is 9.91. The van der Waals surface area contributed by atoms with Crippen LogP contribution < -0.4 is 10.6 Å². The molecule has 1 heterocycles. The summed E-state index contributed by atoms with van der Waals surface area (Å²) in [5, 5.41) is 6.93. The summed E-state index contributed by atoms with van der Waals surface area (Å²) in [6, 6.07) is 7.29. The fraction of sp³-hybridized carbons (Fsp3) is 0.600. The van der Waals surface area contributed by atoms with Crippen molar-refractivity contribution in [3.63, 3.8) is 0 Å². The van der Waals surface area contributed by atoms with Gasteiger partial charge in [0.2, 0.25) is 0 Å². The molecule has 0 bridgehead atoms. The van der Waals surface area contributed by atoms with Gasteiger partial charge in [-0.15, -0.1) is 0 Å². The fourth-order valence-electron chi connectivity index (χ4n) is 2.87. The number of hydrogen-bond acceptors (Lipinski definition) is 2. The van der Waals surface area contributed by atoms with Crippen molar-refractivity contribution in [3.05, 3.63) is 34.9 Å². The molecule has 1 aromatic rings. The molecule has 1 aromatic carbocycles. The van der Waals surface area contributed by atoms with Gasteiger partial charge in [-0.1, -0.05) is 23.8 Å². The Kier molecular flexibility index (Phi) is 4.19. The van der Waals surface area contributed by atoms with Gasteiger partial charge in [0.05, 0.1) is 0 Å². The molecule has 1 aliphatic heterocycles. The smallest absolute Gasteiger partial charge is 0.0323 e. The predicted molar refractivity (Wildman–Crippen MR) is 73.3 cm³/mol. The Labute approximate surface area is 105 Å². The normalized spacial score (nSPS) is 21.7. The topological polar surface area (TPSA) is 24.1 Å². The molecule has 1 saturated heterocycles. The number of nitrogens with one attached hydrogen (secondary N) is 2. The third-order valence-electron chi connectivity index (χ3n) is 3.88. The minimum atomic E-state index is 0.500. The predicted octanol–water partition coefficient (Wildman–Crippen LogP) is 2.56. The van der Waals surface area contributed by atoms with Crippen LogP contribution in [0.1, 0.15) is 35.6 Å². The van der Waals surface area contributed by atoms with Crippen LogP contribution in [0.3, 0.4) is 0 Å². The minimum absolute atomic E-state index is 0.500. The van der Waals surface area contributed by atoms with Crippen molar-refractivity contribution in [1.29, 1.82) is 0 Å². The molecular weight excluding hydrogens is 208 g/mol. The van der Waals surface area contributed by atoms with E-state index < -0.39 is 0 Å². The van der Waals surface area contributed by atoms with Gasteiger partial charge in [0, 0.05) is 6.04 Å². The van der Waals surface area contributed by atoms with Crippen molar-refractivity contribution < 1.29 is 0 Å². The van der Waals surface area contributed by atoms with Gasteiger partial charge in [-0.05, 0) is 63.9 Å². The van der Waals surface area contributed by atoms with Gasteiger partial charge in [-0.25, -0.2) is 0 Å². The zero-order valence-corrected chi connectivity index (χ0v) is 11.2. The molecule has 2 nitrogen and oxygen atoms in total. The molecule has 0 aliphatic carbocycles. The van der Waals surface area contributed by atoms with Gasteiger partial charge in [0.1, 0.15) is 0 Å². The van der Waals surface area contributed by atoms with Crippen molar-refractivity contribution in [2.75, 3.05) is 20.1 Å². The van der Waals surface area contributed by atoms with Gasteiger partial charge in [-0.3, -0.25) is 0 Å². The zero-order valence-electron chi connectivity index (χ0n) is 11.2. The van der Waals surface area contributed by atoms with Crippen molar-refractivity contribution in [3.8, 4) is 0 Å². The average molecular weight is 232 g/mol. The number of rotatable bonds is 4. The van der Waals surface area contributed by atoms with E-state index in [4.69, 9.17) is 0 Å². The summed E-state index contributed by atoms with van der Waals surface area (Å²) < 4.78 is 0. The van der Waals surface area contributed by atoms with E-state index in [1.54, 1.807) is 0 Å². The second-order valence-corrected chi connectivity index (χ2v) is 5.30. The van der Waals surface area contributed by atoms with Crippen LogP contribution in [-0.4, -0.2) is 20.1 Å².